The van der Waals surface area contributed by atoms with Crippen LogP contribution in [0.1, 0.15) is 20.7 Å². The summed E-state index contributed by atoms with van der Waals surface area (Å²) in [4.78, 5) is 31.7. The second-order valence-corrected chi connectivity index (χ2v) is 5.84. The number of primary amides is 1. The van der Waals surface area contributed by atoms with Gasteiger partial charge in [-0.15, -0.1) is 0 Å². The van der Waals surface area contributed by atoms with Crippen LogP contribution >= 0.6 is 23.4 Å². The number of nitrogens with one attached hydrogen (secondary N) is 2. The largest absolute Gasteiger partial charge is 0.496 e. The molecule has 0 aliphatic rings. The van der Waals surface area contributed by atoms with E-state index in [1.165, 1.54) is 25.9 Å². The van der Waals surface area contributed by atoms with Crippen molar-refractivity contribution in [2.45, 2.75) is 5.16 Å². The molecule has 1 heterocycles. The Morgan fingerprint density at radius 2 is 2.04 bits per heavy atom. The fourth-order valence-corrected chi connectivity index (χ4v) is 2.72. The monoisotopic (exact) mass is 381 g/mol. The van der Waals surface area contributed by atoms with E-state index in [1.807, 2.05) is 0 Å². The maximum absolute atomic E-state index is 11.8. The maximum Gasteiger partial charge on any atom is 0.255 e. The minimum Gasteiger partial charge on any atom is -0.496 e. The molecule has 25 heavy (non-hydrogen) atoms. The number of amides is 2. The topological polar surface area (TPSA) is 119 Å². The van der Waals surface area contributed by atoms with Crippen LogP contribution in [0.2, 0.25) is 5.15 Å². The van der Waals surface area contributed by atoms with E-state index >= 15 is 0 Å². The van der Waals surface area contributed by atoms with E-state index in [0.29, 0.717) is 22.2 Å². The number of hydrogen-bond donors (Lipinski definition) is 3. The minimum atomic E-state index is -0.755. The van der Waals surface area contributed by atoms with E-state index in [-0.39, 0.29) is 22.4 Å². The van der Waals surface area contributed by atoms with Crippen molar-refractivity contribution in [3.8, 4) is 5.75 Å². The number of methoxy groups -OCH3 is 1. The highest BCUT2D eigenvalue weighted by atomic mass is 35.5. The summed E-state index contributed by atoms with van der Waals surface area (Å²) in [6.07, 6.45) is 1.78. The lowest BCUT2D eigenvalue weighted by atomic mass is 10.1. The number of carbonyl (C=O) groups is 2. The summed E-state index contributed by atoms with van der Waals surface area (Å²) >= 11 is 7.30. The molecule has 2 aromatic rings. The standard InChI is InChI=1S/C15H16ClN5O3S/c1-18-14(23)8-5-4-7(6-9(8)24-2)19-13-10(12(17)22)11(16)20-15(21-13)25-3/h4-6H,1-3H3,(H2,17,22)(H,18,23)(H,19,20,21). The summed E-state index contributed by atoms with van der Waals surface area (Å²) in [5.41, 5.74) is 6.26. The van der Waals surface area contributed by atoms with Crippen molar-refractivity contribution in [1.82, 2.24) is 15.3 Å². The smallest absolute Gasteiger partial charge is 0.255 e. The van der Waals surface area contributed by atoms with Crippen LogP contribution in [-0.4, -0.2) is 42.2 Å². The molecule has 132 valence electrons. The zero-order chi connectivity index (χ0) is 18.6. The third-order valence-electron chi connectivity index (χ3n) is 3.21. The number of rotatable bonds is 6. The molecule has 1 aromatic heterocycles. The Bertz CT molecular complexity index is 831. The molecule has 2 rings (SSSR count). The van der Waals surface area contributed by atoms with Crippen LogP contribution in [0, 0.1) is 0 Å². The van der Waals surface area contributed by atoms with E-state index in [1.54, 1.807) is 24.5 Å². The number of benzene rings is 1. The Morgan fingerprint density at radius 1 is 1.32 bits per heavy atom. The van der Waals surface area contributed by atoms with Gasteiger partial charge in [0.15, 0.2) is 5.16 Å². The van der Waals surface area contributed by atoms with E-state index in [9.17, 15) is 9.59 Å². The van der Waals surface area contributed by atoms with Gasteiger partial charge < -0.3 is 21.1 Å². The molecule has 1 aromatic carbocycles. The molecule has 0 unspecified atom stereocenters. The van der Waals surface area contributed by atoms with Gasteiger partial charge in [-0.2, -0.15) is 0 Å². The van der Waals surface area contributed by atoms with E-state index in [2.05, 4.69) is 20.6 Å². The molecule has 0 fully saturated rings. The summed E-state index contributed by atoms with van der Waals surface area (Å²) in [6.45, 7) is 0. The van der Waals surface area contributed by atoms with Crippen molar-refractivity contribution >= 4 is 46.7 Å². The lowest BCUT2D eigenvalue weighted by molar-refractivity contribution is 0.0958. The second kappa shape index (κ2) is 8.04. The first-order valence-electron chi connectivity index (χ1n) is 6.99. The average molecular weight is 382 g/mol. The van der Waals surface area contributed by atoms with E-state index < -0.39 is 5.91 Å². The lowest BCUT2D eigenvalue weighted by Gasteiger charge is -2.13. The van der Waals surface area contributed by atoms with Gasteiger partial charge in [0.05, 0.1) is 12.7 Å². The molecular formula is C15H16ClN5O3S. The van der Waals surface area contributed by atoms with Crippen molar-refractivity contribution in [3.63, 3.8) is 0 Å². The molecule has 0 bridgehead atoms. The molecule has 8 nitrogen and oxygen atoms in total. The Morgan fingerprint density at radius 3 is 2.60 bits per heavy atom. The summed E-state index contributed by atoms with van der Waals surface area (Å²) in [5, 5.41) is 5.84. The number of aromatic nitrogens is 2. The van der Waals surface area contributed by atoms with Crippen LogP contribution in [0.15, 0.2) is 23.4 Å². The molecule has 4 N–H and O–H groups in total. The van der Waals surface area contributed by atoms with Gasteiger partial charge in [-0.1, -0.05) is 23.4 Å². The van der Waals surface area contributed by atoms with Crippen LogP contribution in [0.25, 0.3) is 0 Å². The van der Waals surface area contributed by atoms with E-state index in [0.717, 1.165) is 0 Å². The van der Waals surface area contributed by atoms with Crippen LogP contribution in [0.5, 0.6) is 5.75 Å². The normalized spacial score (nSPS) is 10.2. The number of carbonyl (C=O) groups excluding carboxylic acids is 2. The number of ether oxygens (including phenoxy) is 1. The summed E-state index contributed by atoms with van der Waals surface area (Å²) < 4.78 is 5.24. The summed E-state index contributed by atoms with van der Waals surface area (Å²) in [7, 11) is 2.98. The molecule has 0 atom stereocenters. The number of halogens is 1. The predicted octanol–water partition coefficient (Wildman–Crippen LogP) is 2.06. The predicted molar refractivity (Wildman–Crippen MR) is 97.0 cm³/mol. The highest BCUT2D eigenvalue weighted by Crippen LogP contribution is 2.29. The fraction of sp³-hybridized carbons (Fsp3) is 0.200. The number of nitrogens with zero attached hydrogens (tertiary/aromatic N) is 2. The Balaban J connectivity index is 2.47. The first-order valence-corrected chi connectivity index (χ1v) is 8.60. The molecule has 10 heteroatoms. The molecule has 0 saturated heterocycles. The van der Waals surface area contributed by atoms with Gasteiger partial charge in [0.1, 0.15) is 22.3 Å². The Kier molecular flexibility index (Phi) is 6.05. The summed E-state index contributed by atoms with van der Waals surface area (Å²) in [5.74, 6) is -0.508. The van der Waals surface area contributed by atoms with Crippen molar-refractivity contribution in [2.24, 2.45) is 5.73 Å². The van der Waals surface area contributed by atoms with Crippen molar-refractivity contribution in [3.05, 3.63) is 34.5 Å². The fourth-order valence-electron chi connectivity index (χ4n) is 2.04. The van der Waals surface area contributed by atoms with E-state index in [4.69, 9.17) is 22.1 Å². The number of thioether (sulfide) groups is 1. The SMILES string of the molecule is CNC(=O)c1ccc(Nc2nc(SC)nc(Cl)c2C(N)=O)cc1OC. The van der Waals surface area contributed by atoms with Gasteiger partial charge in [-0.05, 0) is 18.4 Å². The molecule has 0 spiro atoms. The first-order chi connectivity index (χ1) is 11.9. The third kappa shape index (κ3) is 4.12. The molecule has 0 aliphatic carbocycles. The quantitative estimate of drug-likeness (QED) is 0.398. The maximum atomic E-state index is 11.8. The van der Waals surface area contributed by atoms with Gasteiger partial charge in [0, 0.05) is 18.8 Å². The minimum absolute atomic E-state index is 0.0196. The van der Waals surface area contributed by atoms with Crippen LogP contribution in [0.4, 0.5) is 11.5 Å². The zero-order valence-electron chi connectivity index (χ0n) is 13.7. The zero-order valence-corrected chi connectivity index (χ0v) is 15.3. The molecule has 0 saturated carbocycles. The molecule has 0 aliphatic heterocycles. The Hall–Kier alpha value is -2.52. The van der Waals surface area contributed by atoms with Crippen molar-refractivity contribution in [2.75, 3.05) is 25.7 Å². The Labute approximate surface area is 153 Å². The van der Waals surface area contributed by atoms with Gasteiger partial charge in [0.25, 0.3) is 11.8 Å². The van der Waals surface area contributed by atoms with Crippen LogP contribution in [0.3, 0.4) is 0 Å². The average Bonchev–Trinajstić information content (AvgIpc) is 2.59. The molecule has 2 amide bonds. The third-order valence-corrected chi connectivity index (χ3v) is 4.03. The number of anilines is 2. The number of nitrogens with two attached hydrogens (primary N) is 1. The number of hydrogen-bond acceptors (Lipinski definition) is 7. The van der Waals surface area contributed by atoms with Gasteiger partial charge in [-0.25, -0.2) is 9.97 Å². The van der Waals surface area contributed by atoms with Gasteiger partial charge in [0.2, 0.25) is 0 Å². The molecular weight excluding hydrogens is 366 g/mol. The van der Waals surface area contributed by atoms with Crippen LogP contribution < -0.4 is 21.1 Å². The lowest BCUT2D eigenvalue weighted by Crippen LogP contribution is -2.19. The first kappa shape index (κ1) is 18.8. The summed E-state index contributed by atoms with van der Waals surface area (Å²) in [6, 6.07) is 4.83. The highest BCUT2D eigenvalue weighted by molar-refractivity contribution is 7.98. The van der Waals surface area contributed by atoms with Crippen molar-refractivity contribution in [1.29, 1.82) is 0 Å². The van der Waals surface area contributed by atoms with Crippen molar-refractivity contribution < 1.29 is 14.3 Å². The highest BCUT2D eigenvalue weighted by Gasteiger charge is 2.19. The van der Waals surface area contributed by atoms with Gasteiger partial charge >= 0.3 is 0 Å². The second-order valence-electron chi connectivity index (χ2n) is 4.71. The van der Waals surface area contributed by atoms with Crippen LogP contribution in [-0.2, 0) is 0 Å². The van der Waals surface area contributed by atoms with Gasteiger partial charge in [-0.3, -0.25) is 9.59 Å². The molecule has 0 radical (unpaired) electrons.